The number of phenolic OH excluding ortho intramolecular Hbond substituents is 1. The number of hydrogen-bond donors (Lipinski definition) is 3. The lowest BCUT2D eigenvalue weighted by atomic mass is 10.1. The Morgan fingerprint density at radius 1 is 1.03 bits per heavy atom. The highest BCUT2D eigenvalue weighted by molar-refractivity contribution is 5.94. The number of fused-ring (bicyclic) bond motifs is 1. The molecule has 0 atom stereocenters. The molecule has 0 bridgehead atoms. The van der Waals surface area contributed by atoms with Crippen molar-refractivity contribution in [2.45, 2.75) is 13.8 Å². The predicted molar refractivity (Wildman–Crippen MR) is 112 cm³/mol. The van der Waals surface area contributed by atoms with E-state index < -0.39 is 0 Å². The fraction of sp³-hybridized carbons (Fsp3) is 0.143. The summed E-state index contributed by atoms with van der Waals surface area (Å²) in [4.78, 5) is 17.6. The number of nitrogens with zero attached hydrogens (tertiary/aromatic N) is 4. The fourth-order valence-corrected chi connectivity index (χ4v) is 3.06. The molecule has 8 heteroatoms. The first-order valence-corrected chi connectivity index (χ1v) is 9.01. The number of nitrogens with one attached hydrogen (secondary N) is 1. The number of aryl methyl sites for hydroxylation is 1. The molecule has 0 unspecified atom stereocenters. The van der Waals surface area contributed by atoms with Crippen LogP contribution in [0.15, 0.2) is 42.7 Å². The Bertz CT molecular complexity index is 1230. The third-order valence-corrected chi connectivity index (χ3v) is 4.66. The minimum absolute atomic E-state index is 0.138. The van der Waals surface area contributed by atoms with Gasteiger partial charge in [0.1, 0.15) is 34.8 Å². The summed E-state index contributed by atoms with van der Waals surface area (Å²) in [6.45, 7) is 3.67. The van der Waals surface area contributed by atoms with Gasteiger partial charge < -0.3 is 20.9 Å². The summed E-state index contributed by atoms with van der Waals surface area (Å²) >= 11 is 0. The van der Waals surface area contributed by atoms with Crippen molar-refractivity contribution in [1.29, 1.82) is 0 Å². The van der Waals surface area contributed by atoms with Gasteiger partial charge in [0.05, 0.1) is 16.9 Å². The fourth-order valence-electron chi connectivity index (χ4n) is 3.06. The van der Waals surface area contributed by atoms with Gasteiger partial charge in [-0.1, -0.05) is 12.1 Å². The highest BCUT2D eigenvalue weighted by Gasteiger charge is 2.17. The van der Waals surface area contributed by atoms with Crippen LogP contribution in [-0.2, 0) is 0 Å². The van der Waals surface area contributed by atoms with E-state index in [0.717, 1.165) is 5.56 Å². The lowest BCUT2D eigenvalue weighted by molar-refractivity contribution is 0.440. The summed E-state index contributed by atoms with van der Waals surface area (Å²) < 4.78 is 6.16. The van der Waals surface area contributed by atoms with Crippen molar-refractivity contribution in [3.8, 4) is 28.8 Å². The molecule has 146 valence electrons. The maximum atomic E-state index is 10.1. The molecule has 4 N–H and O–H groups in total. The number of phenols is 1. The number of anilines is 2. The van der Waals surface area contributed by atoms with Crippen LogP contribution in [0.2, 0.25) is 0 Å². The van der Waals surface area contributed by atoms with E-state index in [1.165, 1.54) is 6.33 Å². The number of ether oxygens (including phenoxy) is 1. The maximum absolute atomic E-state index is 10.1. The van der Waals surface area contributed by atoms with E-state index in [0.29, 0.717) is 39.4 Å². The number of aromatic hydroxyl groups is 1. The minimum Gasteiger partial charge on any atom is -0.508 e. The van der Waals surface area contributed by atoms with E-state index in [2.05, 4.69) is 25.3 Å². The number of rotatable bonds is 4. The number of hydrogen-bond acceptors (Lipinski definition) is 8. The Kier molecular flexibility index (Phi) is 4.59. The highest BCUT2D eigenvalue weighted by atomic mass is 16.5. The first-order chi connectivity index (χ1) is 14.0. The summed E-state index contributed by atoms with van der Waals surface area (Å²) in [6, 6.07) is 10.8. The quantitative estimate of drug-likeness (QED) is 0.483. The molecule has 1 aromatic carbocycles. The first kappa shape index (κ1) is 18.4. The van der Waals surface area contributed by atoms with Crippen molar-refractivity contribution in [1.82, 2.24) is 19.9 Å². The molecule has 0 amide bonds. The molecule has 3 heterocycles. The number of aromatic nitrogens is 4. The second kappa shape index (κ2) is 7.23. The average Bonchev–Trinajstić information content (AvgIpc) is 2.73. The minimum atomic E-state index is 0.138. The normalized spacial score (nSPS) is 10.9. The lowest BCUT2D eigenvalue weighted by Gasteiger charge is -2.15. The molecular formula is C21H20N6O2. The number of nitrogen functional groups attached to an aromatic ring is 1. The molecule has 0 saturated carbocycles. The Balaban J connectivity index is 1.94. The molecule has 0 aliphatic rings. The van der Waals surface area contributed by atoms with Crippen molar-refractivity contribution in [3.63, 3.8) is 0 Å². The van der Waals surface area contributed by atoms with Gasteiger partial charge in [-0.25, -0.2) is 19.9 Å². The molecule has 0 fully saturated rings. The smallest absolute Gasteiger partial charge is 0.233 e. The Morgan fingerprint density at radius 2 is 1.86 bits per heavy atom. The van der Waals surface area contributed by atoms with Crippen LogP contribution in [0.25, 0.3) is 22.3 Å². The zero-order valence-electron chi connectivity index (χ0n) is 16.3. The van der Waals surface area contributed by atoms with E-state index in [1.54, 1.807) is 32.2 Å². The Labute approximate surface area is 167 Å². The van der Waals surface area contributed by atoms with Gasteiger partial charge in [0.15, 0.2) is 0 Å². The van der Waals surface area contributed by atoms with Crippen LogP contribution in [0.5, 0.6) is 17.4 Å². The van der Waals surface area contributed by atoms with Crippen LogP contribution in [-0.4, -0.2) is 32.1 Å². The second-order valence-corrected chi connectivity index (χ2v) is 6.58. The summed E-state index contributed by atoms with van der Waals surface area (Å²) in [5.41, 5.74) is 9.39. The highest BCUT2D eigenvalue weighted by Crippen LogP contribution is 2.38. The average molecular weight is 388 g/mol. The topological polar surface area (TPSA) is 119 Å². The molecule has 0 radical (unpaired) electrons. The van der Waals surface area contributed by atoms with Crippen LogP contribution in [0.4, 0.5) is 11.6 Å². The van der Waals surface area contributed by atoms with Gasteiger partial charge >= 0.3 is 0 Å². The Hall–Kier alpha value is -3.94. The third-order valence-electron chi connectivity index (χ3n) is 4.66. The molecule has 0 spiro atoms. The summed E-state index contributed by atoms with van der Waals surface area (Å²) in [6.07, 6.45) is 1.40. The number of benzene rings is 1. The second-order valence-electron chi connectivity index (χ2n) is 6.58. The van der Waals surface area contributed by atoms with Crippen molar-refractivity contribution < 1.29 is 9.84 Å². The molecule has 4 rings (SSSR count). The third kappa shape index (κ3) is 3.36. The largest absolute Gasteiger partial charge is 0.508 e. The SMILES string of the molecule is CNc1cccc(-c2cc3ncnc(N)c3c(Oc3c(C)ccc(O)c3C)n2)n1. The van der Waals surface area contributed by atoms with E-state index in [-0.39, 0.29) is 17.4 Å². The van der Waals surface area contributed by atoms with Crippen LogP contribution < -0.4 is 15.8 Å². The summed E-state index contributed by atoms with van der Waals surface area (Å²) in [5.74, 6) is 1.88. The van der Waals surface area contributed by atoms with E-state index >= 15 is 0 Å². The van der Waals surface area contributed by atoms with Crippen LogP contribution in [0, 0.1) is 13.8 Å². The van der Waals surface area contributed by atoms with Gasteiger partial charge in [-0.2, -0.15) is 0 Å². The van der Waals surface area contributed by atoms with Crippen molar-refractivity contribution in [2.24, 2.45) is 0 Å². The standard InChI is InChI=1S/C21H20N6O2/c1-11-7-8-16(28)12(2)19(11)29-21-18-15(24-10-25-20(18)22)9-14(27-21)13-5-4-6-17(23-3)26-13/h4-10,28H,1-3H3,(H,23,26)(H2,22,24,25). The predicted octanol–water partition coefficient (Wildman–Crippen LogP) is 3.83. The van der Waals surface area contributed by atoms with Gasteiger partial charge in [-0.3, -0.25) is 0 Å². The zero-order valence-corrected chi connectivity index (χ0v) is 16.3. The molecular weight excluding hydrogens is 368 g/mol. The molecule has 4 aromatic rings. The van der Waals surface area contributed by atoms with Crippen LogP contribution in [0.3, 0.4) is 0 Å². The van der Waals surface area contributed by atoms with E-state index in [4.69, 9.17) is 10.5 Å². The van der Waals surface area contributed by atoms with Crippen molar-refractivity contribution in [2.75, 3.05) is 18.1 Å². The zero-order chi connectivity index (χ0) is 20.5. The maximum Gasteiger partial charge on any atom is 0.233 e. The molecule has 0 aliphatic carbocycles. The summed E-state index contributed by atoms with van der Waals surface area (Å²) in [7, 11) is 1.80. The molecule has 0 aliphatic heterocycles. The van der Waals surface area contributed by atoms with Crippen LogP contribution in [0.1, 0.15) is 11.1 Å². The van der Waals surface area contributed by atoms with Gasteiger partial charge in [0, 0.05) is 12.6 Å². The summed E-state index contributed by atoms with van der Waals surface area (Å²) in [5, 5.41) is 13.6. The lowest BCUT2D eigenvalue weighted by Crippen LogP contribution is -2.01. The molecule has 8 nitrogen and oxygen atoms in total. The molecule has 29 heavy (non-hydrogen) atoms. The molecule has 0 saturated heterocycles. The monoisotopic (exact) mass is 388 g/mol. The van der Waals surface area contributed by atoms with Gasteiger partial charge in [-0.15, -0.1) is 0 Å². The van der Waals surface area contributed by atoms with Gasteiger partial charge in [-0.05, 0) is 43.7 Å². The van der Waals surface area contributed by atoms with Crippen LogP contribution >= 0.6 is 0 Å². The first-order valence-electron chi connectivity index (χ1n) is 9.01. The van der Waals surface area contributed by atoms with Gasteiger partial charge in [0.25, 0.3) is 0 Å². The number of pyridine rings is 2. The Morgan fingerprint density at radius 3 is 2.66 bits per heavy atom. The van der Waals surface area contributed by atoms with Gasteiger partial charge in [0.2, 0.25) is 5.88 Å². The van der Waals surface area contributed by atoms with E-state index in [1.807, 2.05) is 25.1 Å². The van der Waals surface area contributed by atoms with E-state index in [9.17, 15) is 5.11 Å². The van der Waals surface area contributed by atoms with Crippen molar-refractivity contribution >= 4 is 22.5 Å². The molecule has 3 aromatic heterocycles. The number of nitrogens with two attached hydrogens (primary N) is 1. The van der Waals surface area contributed by atoms with Crippen molar-refractivity contribution in [3.05, 3.63) is 53.9 Å².